The normalized spacial score (nSPS) is 10.3. The molecule has 0 radical (unpaired) electrons. The predicted molar refractivity (Wildman–Crippen MR) is 83.1 cm³/mol. The van der Waals surface area contributed by atoms with Crippen LogP contribution < -0.4 is 10.6 Å². The molecule has 0 amide bonds. The minimum atomic E-state index is 0.743. The Morgan fingerprint density at radius 1 is 1.11 bits per heavy atom. The maximum Gasteiger partial charge on any atom is 0.136 e. The molecule has 2 aromatic rings. The molecule has 0 aliphatic rings. The summed E-state index contributed by atoms with van der Waals surface area (Å²) < 4.78 is 1.08. The molecule has 1 aromatic heterocycles. The third-order valence-corrected chi connectivity index (χ3v) is 3.49. The van der Waals surface area contributed by atoms with Crippen LogP contribution in [0.4, 0.5) is 17.3 Å². The van der Waals surface area contributed by atoms with E-state index < -0.39 is 0 Å². The van der Waals surface area contributed by atoms with Crippen LogP contribution in [0.25, 0.3) is 0 Å². The molecular formula is C14H17BrN4. The number of nitrogens with one attached hydrogen (secondary N) is 2. The average Bonchev–Trinajstić information content (AvgIpc) is 2.33. The minimum Gasteiger partial charge on any atom is -0.370 e. The molecule has 4 nitrogen and oxygen atoms in total. The summed E-state index contributed by atoms with van der Waals surface area (Å²) in [5, 5.41) is 6.49. The van der Waals surface area contributed by atoms with E-state index in [1.54, 1.807) is 0 Å². The molecule has 19 heavy (non-hydrogen) atoms. The lowest BCUT2D eigenvalue weighted by Gasteiger charge is -2.10. The van der Waals surface area contributed by atoms with Gasteiger partial charge in [-0.15, -0.1) is 0 Å². The molecule has 1 aromatic carbocycles. The van der Waals surface area contributed by atoms with Gasteiger partial charge in [-0.1, -0.05) is 22.0 Å². The second kappa shape index (κ2) is 6.02. The topological polar surface area (TPSA) is 49.8 Å². The van der Waals surface area contributed by atoms with Crippen molar-refractivity contribution in [3.05, 3.63) is 40.1 Å². The van der Waals surface area contributed by atoms with E-state index in [4.69, 9.17) is 0 Å². The first-order chi connectivity index (χ1) is 9.08. The summed E-state index contributed by atoms with van der Waals surface area (Å²) in [4.78, 5) is 8.71. The van der Waals surface area contributed by atoms with Crippen LogP contribution in [0, 0.1) is 13.8 Å². The van der Waals surface area contributed by atoms with E-state index in [9.17, 15) is 0 Å². The van der Waals surface area contributed by atoms with Crippen LogP contribution in [0.2, 0.25) is 0 Å². The Bertz CT molecular complexity index is 584. The summed E-state index contributed by atoms with van der Waals surface area (Å²) in [5.74, 6) is 2.37. The molecule has 0 saturated carbocycles. The van der Waals surface area contributed by atoms with Crippen molar-refractivity contribution in [1.29, 1.82) is 0 Å². The predicted octanol–water partition coefficient (Wildman–Crippen LogP) is 4.03. The molecule has 0 atom stereocenters. The molecule has 0 aliphatic carbocycles. The molecule has 0 unspecified atom stereocenters. The Morgan fingerprint density at radius 3 is 2.53 bits per heavy atom. The SMILES string of the molecule is CCNc1cc(Nc2ccc(C)c(Br)c2)nc(C)n1. The van der Waals surface area contributed by atoms with Crippen LogP contribution in [-0.2, 0) is 0 Å². The summed E-state index contributed by atoms with van der Waals surface area (Å²) in [6.45, 7) is 6.83. The Labute approximate surface area is 121 Å². The smallest absolute Gasteiger partial charge is 0.136 e. The largest absolute Gasteiger partial charge is 0.370 e. The van der Waals surface area contributed by atoms with Gasteiger partial charge >= 0.3 is 0 Å². The van der Waals surface area contributed by atoms with Crippen molar-refractivity contribution in [2.24, 2.45) is 0 Å². The monoisotopic (exact) mass is 320 g/mol. The fraction of sp³-hybridized carbons (Fsp3) is 0.286. The molecule has 2 N–H and O–H groups in total. The molecule has 1 heterocycles. The van der Waals surface area contributed by atoms with Gasteiger partial charge in [-0.25, -0.2) is 9.97 Å². The number of hydrogen-bond donors (Lipinski definition) is 2. The number of aromatic nitrogens is 2. The van der Waals surface area contributed by atoms with E-state index in [0.717, 1.165) is 34.2 Å². The second-order valence-corrected chi connectivity index (χ2v) is 5.16. The quantitative estimate of drug-likeness (QED) is 0.892. The van der Waals surface area contributed by atoms with Crippen molar-refractivity contribution >= 4 is 33.3 Å². The number of rotatable bonds is 4. The lowest BCUT2D eigenvalue weighted by Crippen LogP contribution is -2.04. The molecule has 0 fully saturated rings. The zero-order valence-electron chi connectivity index (χ0n) is 11.3. The highest BCUT2D eigenvalue weighted by molar-refractivity contribution is 9.10. The first-order valence-electron chi connectivity index (χ1n) is 6.21. The van der Waals surface area contributed by atoms with E-state index in [-0.39, 0.29) is 0 Å². The number of nitrogens with zero attached hydrogens (tertiary/aromatic N) is 2. The van der Waals surface area contributed by atoms with Crippen molar-refractivity contribution in [1.82, 2.24) is 9.97 Å². The molecule has 100 valence electrons. The standard InChI is InChI=1S/C14H17BrN4/c1-4-16-13-8-14(18-10(3)17-13)19-11-6-5-9(2)12(15)7-11/h5-8H,4H2,1-3H3,(H2,16,17,18,19). The molecule has 0 saturated heterocycles. The highest BCUT2D eigenvalue weighted by atomic mass is 79.9. The first-order valence-corrected chi connectivity index (χ1v) is 7.00. The molecule has 0 bridgehead atoms. The highest BCUT2D eigenvalue weighted by Crippen LogP contribution is 2.23. The van der Waals surface area contributed by atoms with Gasteiger partial charge in [0.05, 0.1) is 0 Å². The summed E-state index contributed by atoms with van der Waals surface area (Å²) in [7, 11) is 0. The van der Waals surface area contributed by atoms with Crippen molar-refractivity contribution in [2.45, 2.75) is 20.8 Å². The Morgan fingerprint density at radius 2 is 1.84 bits per heavy atom. The molecule has 0 spiro atoms. The van der Waals surface area contributed by atoms with Gasteiger partial charge in [0, 0.05) is 22.8 Å². The van der Waals surface area contributed by atoms with Crippen molar-refractivity contribution in [3.63, 3.8) is 0 Å². The van der Waals surface area contributed by atoms with Crippen LogP contribution in [0.3, 0.4) is 0 Å². The summed E-state index contributed by atoms with van der Waals surface area (Å²) >= 11 is 3.53. The van der Waals surface area contributed by atoms with Crippen LogP contribution in [-0.4, -0.2) is 16.5 Å². The van der Waals surface area contributed by atoms with Gasteiger partial charge in [-0.3, -0.25) is 0 Å². The van der Waals surface area contributed by atoms with Gasteiger partial charge < -0.3 is 10.6 Å². The van der Waals surface area contributed by atoms with E-state index in [1.807, 2.05) is 32.0 Å². The van der Waals surface area contributed by atoms with Gasteiger partial charge in [0.25, 0.3) is 0 Å². The Kier molecular flexibility index (Phi) is 4.37. The van der Waals surface area contributed by atoms with E-state index >= 15 is 0 Å². The molecule has 2 rings (SSSR count). The fourth-order valence-electron chi connectivity index (χ4n) is 1.72. The summed E-state index contributed by atoms with van der Waals surface area (Å²) in [6.07, 6.45) is 0. The van der Waals surface area contributed by atoms with Crippen LogP contribution >= 0.6 is 15.9 Å². The van der Waals surface area contributed by atoms with Crippen molar-refractivity contribution < 1.29 is 0 Å². The van der Waals surface area contributed by atoms with E-state index in [2.05, 4.69) is 49.5 Å². The zero-order chi connectivity index (χ0) is 13.8. The van der Waals surface area contributed by atoms with E-state index in [1.165, 1.54) is 5.56 Å². The average molecular weight is 321 g/mol. The lowest BCUT2D eigenvalue weighted by molar-refractivity contribution is 1.04. The summed E-state index contributed by atoms with van der Waals surface area (Å²) in [6, 6.07) is 8.04. The van der Waals surface area contributed by atoms with Crippen LogP contribution in [0.5, 0.6) is 0 Å². The van der Waals surface area contributed by atoms with E-state index in [0.29, 0.717) is 0 Å². The number of halogens is 1. The maximum absolute atomic E-state index is 4.39. The van der Waals surface area contributed by atoms with Crippen molar-refractivity contribution in [2.75, 3.05) is 17.2 Å². The molecule has 5 heteroatoms. The lowest BCUT2D eigenvalue weighted by atomic mass is 10.2. The van der Waals surface area contributed by atoms with Gasteiger partial charge in [-0.05, 0) is 38.5 Å². The second-order valence-electron chi connectivity index (χ2n) is 4.30. The van der Waals surface area contributed by atoms with Crippen LogP contribution in [0.15, 0.2) is 28.7 Å². The van der Waals surface area contributed by atoms with Crippen LogP contribution in [0.1, 0.15) is 18.3 Å². The van der Waals surface area contributed by atoms with Gasteiger partial charge in [-0.2, -0.15) is 0 Å². The number of benzene rings is 1. The zero-order valence-corrected chi connectivity index (χ0v) is 12.9. The Balaban J connectivity index is 2.24. The van der Waals surface area contributed by atoms with Gasteiger partial charge in [0.2, 0.25) is 0 Å². The van der Waals surface area contributed by atoms with Crippen molar-refractivity contribution in [3.8, 4) is 0 Å². The molecular weight excluding hydrogens is 304 g/mol. The fourth-order valence-corrected chi connectivity index (χ4v) is 2.10. The first kappa shape index (κ1) is 13.8. The number of hydrogen-bond acceptors (Lipinski definition) is 4. The van der Waals surface area contributed by atoms with Gasteiger partial charge in [0.1, 0.15) is 17.5 Å². The highest BCUT2D eigenvalue weighted by Gasteiger charge is 2.03. The molecule has 0 aliphatic heterocycles. The third kappa shape index (κ3) is 3.67. The number of aryl methyl sites for hydroxylation is 2. The maximum atomic E-state index is 4.39. The minimum absolute atomic E-state index is 0.743. The summed E-state index contributed by atoms with van der Waals surface area (Å²) in [5.41, 5.74) is 2.20. The number of anilines is 3. The van der Waals surface area contributed by atoms with Gasteiger partial charge in [0.15, 0.2) is 0 Å². The third-order valence-electron chi connectivity index (χ3n) is 2.64. The Hall–Kier alpha value is -1.62.